The molecule has 6 nitrogen and oxygen atoms in total. The number of carbonyl (C=O) groups excluding carboxylic acids is 1. The fraction of sp³-hybridized carbons (Fsp3) is 0.556. The second-order valence-corrected chi connectivity index (χ2v) is 5.90. The summed E-state index contributed by atoms with van der Waals surface area (Å²) < 4.78 is 5.53. The molecule has 1 fully saturated rings. The van der Waals surface area contributed by atoms with Crippen LogP contribution in [-0.4, -0.2) is 44.7 Å². The molecule has 1 amide bonds. The second kappa shape index (κ2) is 12.1. The van der Waals surface area contributed by atoms with Gasteiger partial charge in [0.15, 0.2) is 5.96 Å². The molecule has 0 spiro atoms. The average Bonchev–Trinajstić information content (AvgIpc) is 3.13. The van der Waals surface area contributed by atoms with E-state index in [9.17, 15) is 4.79 Å². The molecule has 25 heavy (non-hydrogen) atoms. The predicted molar refractivity (Wildman–Crippen MR) is 112 cm³/mol. The molecule has 1 heterocycles. The lowest BCUT2D eigenvalue weighted by Crippen LogP contribution is -2.37. The summed E-state index contributed by atoms with van der Waals surface area (Å²) >= 11 is 0. The molecular weight excluding hydrogens is 431 g/mol. The fourth-order valence-corrected chi connectivity index (χ4v) is 2.59. The van der Waals surface area contributed by atoms with Crippen LogP contribution >= 0.6 is 24.0 Å². The summed E-state index contributed by atoms with van der Waals surface area (Å²) in [6.45, 7) is 4.99. The molecule has 1 aliphatic heterocycles. The summed E-state index contributed by atoms with van der Waals surface area (Å²) in [6.07, 6.45) is 3.30. The number of hydrogen-bond donors (Lipinski definition) is 3. The van der Waals surface area contributed by atoms with Crippen molar-refractivity contribution in [3.63, 3.8) is 0 Å². The first-order chi connectivity index (χ1) is 11.7. The van der Waals surface area contributed by atoms with E-state index in [0.29, 0.717) is 18.7 Å². The van der Waals surface area contributed by atoms with Gasteiger partial charge >= 0.3 is 0 Å². The minimum Gasteiger partial charge on any atom is -0.376 e. The molecule has 0 aliphatic carbocycles. The lowest BCUT2D eigenvalue weighted by Gasteiger charge is -2.13. The molecule has 1 aliphatic rings. The zero-order valence-electron chi connectivity index (χ0n) is 15.0. The fourth-order valence-electron chi connectivity index (χ4n) is 2.59. The van der Waals surface area contributed by atoms with E-state index in [1.165, 1.54) is 0 Å². The monoisotopic (exact) mass is 460 g/mol. The number of carbonyl (C=O) groups is 1. The number of aliphatic imine (C=N–C) groups is 1. The van der Waals surface area contributed by atoms with E-state index in [-0.39, 0.29) is 36.0 Å². The van der Waals surface area contributed by atoms with E-state index in [1.807, 2.05) is 24.3 Å². The first kappa shape index (κ1) is 21.7. The van der Waals surface area contributed by atoms with Gasteiger partial charge in [-0.15, -0.1) is 24.0 Å². The van der Waals surface area contributed by atoms with Crippen molar-refractivity contribution in [3.8, 4) is 0 Å². The van der Waals surface area contributed by atoms with Gasteiger partial charge in [-0.05, 0) is 37.0 Å². The van der Waals surface area contributed by atoms with Crippen LogP contribution in [0.3, 0.4) is 0 Å². The normalized spacial score (nSPS) is 16.9. The van der Waals surface area contributed by atoms with Gasteiger partial charge in [-0.2, -0.15) is 0 Å². The van der Waals surface area contributed by atoms with E-state index < -0.39 is 0 Å². The third-order valence-corrected chi connectivity index (χ3v) is 3.93. The number of ether oxygens (including phenoxy) is 1. The van der Waals surface area contributed by atoms with E-state index in [2.05, 4.69) is 27.9 Å². The summed E-state index contributed by atoms with van der Waals surface area (Å²) in [5, 5.41) is 9.43. The van der Waals surface area contributed by atoms with Crippen LogP contribution in [0.15, 0.2) is 29.3 Å². The standard InChI is InChI=1S/C18H28N4O2.HI/c1-3-9-20-18(19-2)22-12-14-6-4-7-15(11-14)17(23)21-13-16-8-5-10-24-16;/h4,6-7,11,16H,3,5,8-10,12-13H2,1-2H3,(H,21,23)(H2,19,20,22);1H. The Balaban J connectivity index is 0.00000312. The van der Waals surface area contributed by atoms with Gasteiger partial charge in [-0.25, -0.2) is 0 Å². The maximum atomic E-state index is 12.3. The summed E-state index contributed by atoms with van der Waals surface area (Å²) in [5.41, 5.74) is 1.71. The smallest absolute Gasteiger partial charge is 0.251 e. The summed E-state index contributed by atoms with van der Waals surface area (Å²) in [6, 6.07) is 7.64. The number of nitrogens with one attached hydrogen (secondary N) is 3. The highest BCUT2D eigenvalue weighted by molar-refractivity contribution is 14.0. The van der Waals surface area contributed by atoms with E-state index in [4.69, 9.17) is 4.74 Å². The molecule has 0 saturated carbocycles. The van der Waals surface area contributed by atoms with Crippen molar-refractivity contribution in [2.75, 3.05) is 26.7 Å². The molecule has 1 atom stereocenters. The van der Waals surface area contributed by atoms with Gasteiger partial charge in [0.05, 0.1) is 6.10 Å². The third kappa shape index (κ3) is 7.60. The molecule has 0 radical (unpaired) electrons. The van der Waals surface area contributed by atoms with Crippen molar-refractivity contribution in [3.05, 3.63) is 35.4 Å². The van der Waals surface area contributed by atoms with Crippen molar-refractivity contribution in [2.24, 2.45) is 4.99 Å². The van der Waals surface area contributed by atoms with Gasteiger partial charge < -0.3 is 20.7 Å². The molecule has 0 bridgehead atoms. The number of hydrogen-bond acceptors (Lipinski definition) is 3. The van der Waals surface area contributed by atoms with Gasteiger partial charge in [0, 0.05) is 38.9 Å². The highest BCUT2D eigenvalue weighted by Crippen LogP contribution is 2.11. The molecule has 7 heteroatoms. The van der Waals surface area contributed by atoms with Crippen LogP contribution in [0.4, 0.5) is 0 Å². The minimum atomic E-state index is -0.0548. The molecule has 140 valence electrons. The Bertz CT molecular complexity index is 560. The van der Waals surface area contributed by atoms with E-state index >= 15 is 0 Å². The van der Waals surface area contributed by atoms with Crippen LogP contribution < -0.4 is 16.0 Å². The molecule has 1 aromatic carbocycles. The summed E-state index contributed by atoms with van der Waals surface area (Å²) in [5.74, 6) is 0.714. The first-order valence-electron chi connectivity index (χ1n) is 8.66. The number of rotatable bonds is 7. The lowest BCUT2D eigenvalue weighted by molar-refractivity contribution is 0.0857. The maximum Gasteiger partial charge on any atom is 0.251 e. The minimum absolute atomic E-state index is 0. The van der Waals surface area contributed by atoms with Crippen molar-refractivity contribution >= 4 is 35.8 Å². The highest BCUT2D eigenvalue weighted by Gasteiger charge is 2.16. The number of amides is 1. The van der Waals surface area contributed by atoms with Crippen LogP contribution in [0.25, 0.3) is 0 Å². The number of nitrogens with zero attached hydrogens (tertiary/aromatic N) is 1. The quantitative estimate of drug-likeness (QED) is 0.332. The van der Waals surface area contributed by atoms with E-state index in [0.717, 1.165) is 43.9 Å². The summed E-state index contributed by atoms with van der Waals surface area (Å²) in [4.78, 5) is 16.4. The molecule has 1 saturated heterocycles. The van der Waals surface area contributed by atoms with Crippen LogP contribution in [0.5, 0.6) is 0 Å². The topological polar surface area (TPSA) is 74.8 Å². The van der Waals surface area contributed by atoms with Gasteiger partial charge in [-0.3, -0.25) is 9.79 Å². The van der Waals surface area contributed by atoms with Crippen molar-refractivity contribution in [1.29, 1.82) is 0 Å². The average molecular weight is 460 g/mol. The van der Waals surface area contributed by atoms with Gasteiger partial charge in [0.1, 0.15) is 0 Å². The zero-order valence-corrected chi connectivity index (χ0v) is 17.3. The molecular formula is C18H29IN4O2. The zero-order chi connectivity index (χ0) is 17.2. The number of guanidine groups is 1. The molecule has 1 aromatic rings. The Morgan fingerprint density at radius 1 is 1.32 bits per heavy atom. The Kier molecular flexibility index (Phi) is 10.5. The maximum absolute atomic E-state index is 12.3. The lowest BCUT2D eigenvalue weighted by atomic mass is 10.1. The van der Waals surface area contributed by atoms with Crippen molar-refractivity contribution < 1.29 is 9.53 Å². The Labute approximate surface area is 167 Å². The third-order valence-electron chi connectivity index (χ3n) is 3.93. The first-order valence-corrected chi connectivity index (χ1v) is 8.66. The molecule has 3 N–H and O–H groups in total. The molecule has 0 aromatic heterocycles. The molecule has 2 rings (SSSR count). The van der Waals surface area contributed by atoms with E-state index in [1.54, 1.807) is 7.05 Å². The van der Waals surface area contributed by atoms with Crippen molar-refractivity contribution in [2.45, 2.75) is 38.8 Å². The SMILES string of the molecule is CCCNC(=NC)NCc1cccc(C(=O)NCC2CCCO2)c1.I. The van der Waals surface area contributed by atoms with Crippen LogP contribution in [-0.2, 0) is 11.3 Å². The molecule has 1 unspecified atom stereocenters. The Hall–Kier alpha value is -1.35. The van der Waals surface area contributed by atoms with Crippen LogP contribution in [0, 0.1) is 0 Å². The Morgan fingerprint density at radius 2 is 2.16 bits per heavy atom. The van der Waals surface area contributed by atoms with Crippen LogP contribution in [0.2, 0.25) is 0 Å². The number of halogens is 1. The van der Waals surface area contributed by atoms with Gasteiger partial charge in [-0.1, -0.05) is 19.1 Å². The van der Waals surface area contributed by atoms with Crippen LogP contribution in [0.1, 0.15) is 42.1 Å². The van der Waals surface area contributed by atoms with Gasteiger partial charge in [0.25, 0.3) is 5.91 Å². The largest absolute Gasteiger partial charge is 0.376 e. The second-order valence-electron chi connectivity index (χ2n) is 5.90. The highest BCUT2D eigenvalue weighted by atomic mass is 127. The van der Waals surface area contributed by atoms with Crippen molar-refractivity contribution in [1.82, 2.24) is 16.0 Å². The van der Waals surface area contributed by atoms with Gasteiger partial charge in [0.2, 0.25) is 0 Å². The predicted octanol–water partition coefficient (Wildman–Crippen LogP) is 2.29. The number of benzene rings is 1. The summed E-state index contributed by atoms with van der Waals surface area (Å²) in [7, 11) is 1.75. The Morgan fingerprint density at radius 3 is 2.84 bits per heavy atom.